The van der Waals surface area contributed by atoms with Gasteiger partial charge in [0, 0.05) is 12.6 Å². The van der Waals surface area contributed by atoms with E-state index in [9.17, 15) is 14.0 Å². The minimum absolute atomic E-state index is 0.0149. The van der Waals surface area contributed by atoms with Crippen LogP contribution in [0.4, 0.5) is 4.39 Å². The SMILES string of the molecule is O=C(COC(=O)C1CC(c2ccccc2)NN1)NCc1ccc(F)cc1. The highest BCUT2D eigenvalue weighted by molar-refractivity contribution is 5.82. The van der Waals surface area contributed by atoms with Crippen LogP contribution in [0.3, 0.4) is 0 Å². The maximum atomic E-state index is 12.8. The molecule has 2 atom stereocenters. The van der Waals surface area contributed by atoms with Crippen molar-refractivity contribution in [3.05, 3.63) is 71.5 Å². The van der Waals surface area contributed by atoms with Crippen LogP contribution in [0.25, 0.3) is 0 Å². The molecule has 0 aromatic heterocycles. The number of hydrogen-bond donors (Lipinski definition) is 3. The van der Waals surface area contributed by atoms with Crippen LogP contribution >= 0.6 is 0 Å². The number of ether oxygens (including phenoxy) is 1. The zero-order valence-electron chi connectivity index (χ0n) is 14.1. The van der Waals surface area contributed by atoms with Crippen molar-refractivity contribution in [2.75, 3.05) is 6.61 Å². The molecule has 2 aromatic carbocycles. The third kappa shape index (κ3) is 4.87. The van der Waals surface area contributed by atoms with Crippen LogP contribution in [0.15, 0.2) is 54.6 Å². The van der Waals surface area contributed by atoms with Gasteiger partial charge in [0.15, 0.2) is 6.61 Å². The number of esters is 1. The lowest BCUT2D eigenvalue weighted by Gasteiger charge is -2.10. The number of hydrogen-bond acceptors (Lipinski definition) is 5. The van der Waals surface area contributed by atoms with Gasteiger partial charge in [-0.1, -0.05) is 42.5 Å². The van der Waals surface area contributed by atoms with Gasteiger partial charge in [-0.25, -0.2) is 15.2 Å². The van der Waals surface area contributed by atoms with Crippen molar-refractivity contribution in [3.63, 3.8) is 0 Å². The molecule has 1 heterocycles. The van der Waals surface area contributed by atoms with Crippen LogP contribution in [0.5, 0.6) is 0 Å². The van der Waals surface area contributed by atoms with Crippen LogP contribution in [0.1, 0.15) is 23.6 Å². The van der Waals surface area contributed by atoms with E-state index in [4.69, 9.17) is 4.74 Å². The number of amides is 1. The molecule has 0 saturated carbocycles. The number of halogens is 1. The minimum atomic E-state index is -0.509. The third-order valence-corrected chi connectivity index (χ3v) is 4.14. The van der Waals surface area contributed by atoms with Gasteiger partial charge < -0.3 is 10.1 Å². The fraction of sp³-hybridized carbons (Fsp3) is 0.263. The molecule has 26 heavy (non-hydrogen) atoms. The standard InChI is InChI=1S/C19H20FN3O3/c20-15-8-6-13(7-9-15)11-21-18(24)12-26-19(25)17-10-16(22-23-17)14-4-2-1-3-5-14/h1-9,16-17,22-23H,10-12H2,(H,21,24). The third-order valence-electron chi connectivity index (χ3n) is 4.14. The van der Waals surface area contributed by atoms with E-state index >= 15 is 0 Å². The van der Waals surface area contributed by atoms with Crippen molar-refractivity contribution in [3.8, 4) is 0 Å². The first-order chi connectivity index (χ1) is 12.6. The summed E-state index contributed by atoms with van der Waals surface area (Å²) in [6, 6.07) is 15.1. The molecule has 0 spiro atoms. The second-order valence-electron chi connectivity index (χ2n) is 6.05. The molecule has 6 nitrogen and oxygen atoms in total. The molecule has 1 aliphatic heterocycles. The Kier molecular flexibility index (Phi) is 5.93. The molecule has 2 aromatic rings. The van der Waals surface area contributed by atoms with E-state index in [0.29, 0.717) is 6.42 Å². The lowest BCUT2D eigenvalue weighted by atomic mass is 10.0. The smallest absolute Gasteiger partial charge is 0.325 e. The van der Waals surface area contributed by atoms with Crippen molar-refractivity contribution in [1.29, 1.82) is 0 Å². The summed E-state index contributed by atoms with van der Waals surface area (Å²) in [5.41, 5.74) is 7.80. The summed E-state index contributed by atoms with van der Waals surface area (Å²) in [6.07, 6.45) is 0.542. The number of nitrogens with one attached hydrogen (secondary N) is 3. The van der Waals surface area contributed by atoms with E-state index in [2.05, 4.69) is 16.2 Å². The Morgan fingerprint density at radius 3 is 2.54 bits per heavy atom. The first-order valence-electron chi connectivity index (χ1n) is 8.35. The number of hydrazine groups is 1. The molecule has 3 rings (SSSR count). The van der Waals surface area contributed by atoms with Crippen molar-refractivity contribution in [1.82, 2.24) is 16.2 Å². The van der Waals surface area contributed by atoms with Gasteiger partial charge in [-0.05, 0) is 29.7 Å². The van der Waals surface area contributed by atoms with Gasteiger partial charge >= 0.3 is 5.97 Å². The quantitative estimate of drug-likeness (QED) is 0.685. The maximum absolute atomic E-state index is 12.8. The number of rotatable bonds is 6. The fourth-order valence-electron chi connectivity index (χ4n) is 2.71. The normalized spacial score (nSPS) is 19.1. The van der Waals surface area contributed by atoms with Gasteiger partial charge in [0.2, 0.25) is 0 Å². The van der Waals surface area contributed by atoms with Gasteiger partial charge in [-0.3, -0.25) is 9.59 Å². The molecule has 0 bridgehead atoms. The van der Waals surface area contributed by atoms with Gasteiger partial charge in [0.05, 0.1) is 0 Å². The highest BCUT2D eigenvalue weighted by Crippen LogP contribution is 2.22. The van der Waals surface area contributed by atoms with Crippen LogP contribution in [-0.2, 0) is 20.9 Å². The van der Waals surface area contributed by atoms with Crippen molar-refractivity contribution in [2.24, 2.45) is 0 Å². The first-order valence-corrected chi connectivity index (χ1v) is 8.35. The second-order valence-corrected chi connectivity index (χ2v) is 6.05. The fourth-order valence-corrected chi connectivity index (χ4v) is 2.71. The highest BCUT2D eigenvalue weighted by atomic mass is 19.1. The van der Waals surface area contributed by atoms with Gasteiger partial charge in [-0.15, -0.1) is 0 Å². The molecular formula is C19H20FN3O3. The number of benzene rings is 2. The van der Waals surface area contributed by atoms with E-state index in [1.807, 2.05) is 30.3 Å². The van der Waals surface area contributed by atoms with E-state index in [0.717, 1.165) is 11.1 Å². The Hall–Kier alpha value is -2.77. The summed E-state index contributed by atoms with van der Waals surface area (Å²) in [7, 11) is 0. The van der Waals surface area contributed by atoms with Gasteiger partial charge in [-0.2, -0.15) is 0 Å². The van der Waals surface area contributed by atoms with E-state index in [-0.39, 0.29) is 25.0 Å². The van der Waals surface area contributed by atoms with E-state index in [1.54, 1.807) is 12.1 Å². The molecule has 136 valence electrons. The predicted octanol–water partition coefficient (Wildman–Crippen LogP) is 1.59. The summed E-state index contributed by atoms with van der Waals surface area (Å²) < 4.78 is 17.9. The van der Waals surface area contributed by atoms with E-state index < -0.39 is 17.9 Å². The summed E-state index contributed by atoms with van der Waals surface area (Å²) in [4.78, 5) is 23.9. The number of carbonyl (C=O) groups is 2. The van der Waals surface area contributed by atoms with Gasteiger partial charge in [0.1, 0.15) is 11.9 Å². The lowest BCUT2D eigenvalue weighted by Crippen LogP contribution is -2.39. The summed E-state index contributed by atoms with van der Waals surface area (Å²) in [6.45, 7) is -0.107. The Morgan fingerprint density at radius 2 is 1.81 bits per heavy atom. The zero-order chi connectivity index (χ0) is 18.4. The molecular weight excluding hydrogens is 337 g/mol. The molecule has 1 saturated heterocycles. The zero-order valence-corrected chi connectivity index (χ0v) is 14.1. The predicted molar refractivity (Wildman–Crippen MR) is 93.1 cm³/mol. The maximum Gasteiger partial charge on any atom is 0.325 e. The van der Waals surface area contributed by atoms with Crippen molar-refractivity contribution < 1.29 is 18.7 Å². The van der Waals surface area contributed by atoms with Crippen LogP contribution in [-0.4, -0.2) is 24.5 Å². The van der Waals surface area contributed by atoms with Gasteiger partial charge in [0.25, 0.3) is 5.91 Å². The van der Waals surface area contributed by atoms with Crippen molar-refractivity contribution >= 4 is 11.9 Å². The van der Waals surface area contributed by atoms with Crippen molar-refractivity contribution in [2.45, 2.75) is 25.0 Å². The first kappa shape index (κ1) is 18.0. The molecule has 0 radical (unpaired) electrons. The minimum Gasteiger partial charge on any atom is -0.454 e. The largest absolute Gasteiger partial charge is 0.454 e. The molecule has 1 amide bonds. The average Bonchev–Trinajstić information content (AvgIpc) is 3.17. The Bertz CT molecular complexity index is 752. The molecule has 1 aliphatic rings. The Balaban J connectivity index is 1.40. The van der Waals surface area contributed by atoms with Crippen LogP contribution in [0.2, 0.25) is 0 Å². The molecule has 7 heteroatoms. The van der Waals surface area contributed by atoms with E-state index in [1.165, 1.54) is 12.1 Å². The molecule has 1 fully saturated rings. The van der Waals surface area contributed by atoms with Crippen LogP contribution in [0, 0.1) is 5.82 Å². The summed E-state index contributed by atoms with van der Waals surface area (Å²) in [5.74, 6) is -1.22. The Labute approximate surface area is 150 Å². The summed E-state index contributed by atoms with van der Waals surface area (Å²) >= 11 is 0. The monoisotopic (exact) mass is 357 g/mol. The lowest BCUT2D eigenvalue weighted by molar-refractivity contribution is -0.150. The molecule has 2 unspecified atom stereocenters. The Morgan fingerprint density at radius 1 is 1.08 bits per heavy atom. The number of carbonyl (C=O) groups excluding carboxylic acids is 2. The van der Waals surface area contributed by atoms with Crippen LogP contribution < -0.4 is 16.2 Å². The second kappa shape index (κ2) is 8.55. The topological polar surface area (TPSA) is 79.5 Å². The summed E-state index contributed by atoms with van der Waals surface area (Å²) in [5, 5.41) is 2.62. The molecule has 3 N–H and O–H groups in total. The molecule has 0 aliphatic carbocycles. The highest BCUT2D eigenvalue weighted by Gasteiger charge is 2.31. The average molecular weight is 357 g/mol.